The minimum Gasteiger partial charge on any atom is -0.335 e. The van der Waals surface area contributed by atoms with E-state index in [4.69, 9.17) is 0 Å². The summed E-state index contributed by atoms with van der Waals surface area (Å²) < 4.78 is 0. The molecule has 10 heavy (non-hydrogen) atoms. The Morgan fingerprint density at radius 3 is 2.30 bits per heavy atom. The van der Waals surface area contributed by atoms with Gasteiger partial charge in [0.25, 0.3) is 0 Å². The number of piperidine rings is 1. The van der Waals surface area contributed by atoms with Gasteiger partial charge in [-0.3, -0.25) is 0 Å². The number of rotatable bonds is 2. The van der Waals surface area contributed by atoms with Crippen LogP contribution in [0.2, 0.25) is 0 Å². The van der Waals surface area contributed by atoms with Gasteiger partial charge in [0.1, 0.15) is 0 Å². The van der Waals surface area contributed by atoms with Gasteiger partial charge in [0.15, 0.2) is 0 Å². The van der Waals surface area contributed by atoms with Crippen molar-refractivity contribution in [1.29, 1.82) is 0 Å². The summed E-state index contributed by atoms with van der Waals surface area (Å²) in [5.41, 5.74) is 0. The van der Waals surface area contributed by atoms with Crippen molar-refractivity contribution in [2.45, 2.75) is 32.1 Å². The topological polar surface area (TPSA) is 4.44 Å². The molecule has 0 atom stereocenters. The summed E-state index contributed by atoms with van der Waals surface area (Å²) in [5.74, 6) is 1.13. The molecule has 0 aromatic heterocycles. The van der Waals surface area contributed by atoms with Crippen LogP contribution in [0.15, 0.2) is 0 Å². The zero-order valence-electron chi connectivity index (χ0n) is 6.73. The van der Waals surface area contributed by atoms with Crippen LogP contribution in [-0.2, 0) is 0 Å². The van der Waals surface area contributed by atoms with Gasteiger partial charge in [-0.25, -0.2) is 0 Å². The molecule has 1 heterocycles. The molecule has 0 radical (unpaired) electrons. The first-order valence-electron chi connectivity index (χ1n) is 4.79. The highest BCUT2D eigenvalue weighted by Gasteiger charge is 2.27. The van der Waals surface area contributed by atoms with Crippen LogP contribution in [0.1, 0.15) is 32.1 Å². The highest BCUT2D eigenvalue weighted by molar-refractivity contribution is 4.71. The monoisotopic (exact) mass is 140 g/mol. The molecule has 58 valence electrons. The van der Waals surface area contributed by atoms with E-state index in [1.54, 1.807) is 0 Å². The summed E-state index contributed by atoms with van der Waals surface area (Å²) in [4.78, 5) is 1.90. The normalized spacial score (nSPS) is 28.8. The summed E-state index contributed by atoms with van der Waals surface area (Å²) >= 11 is 0. The second-order valence-corrected chi connectivity index (χ2v) is 3.96. The number of nitrogens with one attached hydrogen (secondary N) is 1. The van der Waals surface area contributed by atoms with E-state index in [-0.39, 0.29) is 0 Å². The molecule has 1 aliphatic heterocycles. The number of likely N-dealkylation sites (tertiary alicyclic amines) is 1. The minimum atomic E-state index is 1.13. The van der Waals surface area contributed by atoms with E-state index in [0.29, 0.717) is 0 Å². The van der Waals surface area contributed by atoms with Crippen LogP contribution >= 0.6 is 0 Å². The molecule has 1 nitrogen and oxygen atoms in total. The van der Waals surface area contributed by atoms with Crippen molar-refractivity contribution < 1.29 is 4.90 Å². The first-order valence-corrected chi connectivity index (χ1v) is 4.79. The molecule has 0 amide bonds. The van der Waals surface area contributed by atoms with Crippen molar-refractivity contribution in [2.24, 2.45) is 5.92 Å². The predicted octanol–water partition coefficient (Wildman–Crippen LogP) is 0.465. The Bertz CT molecular complexity index is 101. The van der Waals surface area contributed by atoms with Crippen molar-refractivity contribution in [3.05, 3.63) is 0 Å². The second-order valence-electron chi connectivity index (χ2n) is 3.96. The highest BCUT2D eigenvalue weighted by Crippen LogP contribution is 2.26. The number of quaternary nitrogens is 1. The first-order chi connectivity index (χ1) is 4.95. The van der Waals surface area contributed by atoms with E-state index in [1.807, 2.05) is 4.90 Å². The molecule has 0 unspecified atom stereocenters. The summed E-state index contributed by atoms with van der Waals surface area (Å²) in [7, 11) is 0. The van der Waals surface area contributed by atoms with Crippen molar-refractivity contribution in [1.82, 2.24) is 0 Å². The fourth-order valence-electron chi connectivity index (χ4n) is 1.99. The van der Waals surface area contributed by atoms with Gasteiger partial charge in [-0.05, 0) is 32.1 Å². The van der Waals surface area contributed by atoms with Crippen molar-refractivity contribution >= 4 is 0 Å². The van der Waals surface area contributed by atoms with Gasteiger partial charge in [0.2, 0.25) is 0 Å². The zero-order chi connectivity index (χ0) is 6.81. The summed E-state index contributed by atoms with van der Waals surface area (Å²) in [5, 5.41) is 0. The molecular formula is C9H18N+. The van der Waals surface area contributed by atoms with E-state index in [0.717, 1.165) is 5.92 Å². The molecule has 2 fully saturated rings. The third-order valence-electron chi connectivity index (χ3n) is 2.83. The zero-order valence-corrected chi connectivity index (χ0v) is 6.73. The van der Waals surface area contributed by atoms with Crippen molar-refractivity contribution in [2.75, 3.05) is 19.6 Å². The van der Waals surface area contributed by atoms with Crippen molar-refractivity contribution in [3.63, 3.8) is 0 Å². The molecule has 0 bridgehead atoms. The Labute approximate surface area is 63.4 Å². The summed E-state index contributed by atoms with van der Waals surface area (Å²) in [6, 6.07) is 0. The standard InChI is InChI=1S/C9H17N/c1-2-6-10(7-3-1)8-9-4-5-9/h9H,1-8H2/p+1. The lowest BCUT2D eigenvalue weighted by Crippen LogP contribution is -3.13. The molecule has 0 aromatic carbocycles. The third kappa shape index (κ3) is 1.72. The molecular weight excluding hydrogens is 122 g/mol. The van der Waals surface area contributed by atoms with E-state index in [2.05, 4.69) is 0 Å². The van der Waals surface area contributed by atoms with Crippen LogP contribution in [-0.4, -0.2) is 19.6 Å². The molecule has 1 saturated heterocycles. The summed E-state index contributed by atoms with van der Waals surface area (Å²) in [6.45, 7) is 4.44. The smallest absolute Gasteiger partial charge is 0.0799 e. The van der Waals surface area contributed by atoms with E-state index in [1.165, 1.54) is 51.7 Å². The maximum Gasteiger partial charge on any atom is 0.0799 e. The molecule has 2 aliphatic rings. The van der Waals surface area contributed by atoms with Crippen LogP contribution in [0.5, 0.6) is 0 Å². The quantitative estimate of drug-likeness (QED) is 0.568. The molecule has 2 rings (SSSR count). The third-order valence-corrected chi connectivity index (χ3v) is 2.83. The SMILES string of the molecule is C1CC[NH+](CC2CC2)CC1. The highest BCUT2D eigenvalue weighted by atomic mass is 15.1. The maximum atomic E-state index is 1.90. The lowest BCUT2D eigenvalue weighted by molar-refractivity contribution is -0.906. The Hall–Kier alpha value is -0.0400. The van der Waals surface area contributed by atoms with E-state index < -0.39 is 0 Å². The van der Waals surface area contributed by atoms with E-state index in [9.17, 15) is 0 Å². The number of hydrogen-bond acceptors (Lipinski definition) is 0. The Morgan fingerprint density at radius 1 is 1.00 bits per heavy atom. The fraction of sp³-hybridized carbons (Fsp3) is 1.00. The molecule has 1 saturated carbocycles. The Morgan fingerprint density at radius 2 is 1.70 bits per heavy atom. The first kappa shape index (κ1) is 6.66. The Balaban J connectivity index is 1.69. The lowest BCUT2D eigenvalue weighted by atomic mass is 10.1. The number of hydrogen-bond donors (Lipinski definition) is 1. The van der Waals surface area contributed by atoms with Gasteiger partial charge in [-0.1, -0.05) is 0 Å². The average Bonchev–Trinajstić information content (AvgIpc) is 2.74. The van der Waals surface area contributed by atoms with Crippen molar-refractivity contribution in [3.8, 4) is 0 Å². The molecule has 1 N–H and O–H groups in total. The average molecular weight is 140 g/mol. The lowest BCUT2D eigenvalue weighted by Gasteiger charge is -2.23. The van der Waals surface area contributed by atoms with Gasteiger partial charge in [0.05, 0.1) is 19.6 Å². The molecule has 0 aromatic rings. The van der Waals surface area contributed by atoms with Gasteiger partial charge >= 0.3 is 0 Å². The van der Waals surface area contributed by atoms with Gasteiger partial charge < -0.3 is 4.90 Å². The fourth-order valence-corrected chi connectivity index (χ4v) is 1.99. The van der Waals surface area contributed by atoms with Crippen LogP contribution < -0.4 is 4.90 Å². The largest absolute Gasteiger partial charge is 0.335 e. The molecule has 1 aliphatic carbocycles. The van der Waals surface area contributed by atoms with Crippen LogP contribution in [0.4, 0.5) is 0 Å². The summed E-state index contributed by atoms with van der Waals surface area (Å²) in [6.07, 6.45) is 7.53. The van der Waals surface area contributed by atoms with Gasteiger partial charge in [-0.15, -0.1) is 0 Å². The Kier molecular flexibility index (Phi) is 1.94. The maximum absolute atomic E-state index is 1.90. The minimum absolute atomic E-state index is 1.13. The molecule has 0 spiro atoms. The molecule has 1 heteroatoms. The predicted molar refractivity (Wildman–Crippen MR) is 42.1 cm³/mol. The van der Waals surface area contributed by atoms with Crippen LogP contribution in [0.3, 0.4) is 0 Å². The van der Waals surface area contributed by atoms with E-state index >= 15 is 0 Å². The van der Waals surface area contributed by atoms with Gasteiger partial charge in [-0.2, -0.15) is 0 Å². The van der Waals surface area contributed by atoms with Crippen LogP contribution in [0.25, 0.3) is 0 Å². The van der Waals surface area contributed by atoms with Crippen LogP contribution in [0, 0.1) is 5.92 Å². The second kappa shape index (κ2) is 2.91. The van der Waals surface area contributed by atoms with Gasteiger partial charge in [0, 0.05) is 5.92 Å².